The predicted octanol–water partition coefficient (Wildman–Crippen LogP) is 3.38. The van der Waals surface area contributed by atoms with E-state index >= 15 is 0 Å². The molecule has 0 aliphatic heterocycles. The van der Waals surface area contributed by atoms with Gasteiger partial charge in [0.15, 0.2) is 0 Å². The Hall–Kier alpha value is -4.00. The van der Waals surface area contributed by atoms with Crippen LogP contribution in [0.2, 0.25) is 0 Å². The van der Waals surface area contributed by atoms with E-state index in [4.69, 9.17) is 5.73 Å². The molecule has 0 aliphatic carbocycles. The smallest absolute Gasteiger partial charge is 0.274 e. The Morgan fingerprint density at radius 3 is 2.64 bits per heavy atom. The molecule has 0 spiro atoms. The highest BCUT2D eigenvalue weighted by Gasteiger charge is 2.16. The molecular formula is C21H18N6O. The van der Waals surface area contributed by atoms with Gasteiger partial charge in [0.25, 0.3) is 5.91 Å². The molecule has 0 saturated heterocycles. The Morgan fingerprint density at radius 2 is 1.86 bits per heavy atom. The average Bonchev–Trinajstić information content (AvgIpc) is 3.09. The van der Waals surface area contributed by atoms with Crippen molar-refractivity contribution in [1.29, 1.82) is 0 Å². The van der Waals surface area contributed by atoms with Crippen molar-refractivity contribution in [3.63, 3.8) is 0 Å². The molecule has 7 heteroatoms. The molecule has 0 fully saturated rings. The number of nitrogens with two attached hydrogens (primary N) is 1. The summed E-state index contributed by atoms with van der Waals surface area (Å²) in [6.45, 7) is 0. The van der Waals surface area contributed by atoms with Gasteiger partial charge in [0.2, 0.25) is 0 Å². The van der Waals surface area contributed by atoms with Crippen LogP contribution in [-0.4, -0.2) is 25.7 Å². The monoisotopic (exact) mass is 370 g/mol. The first-order chi connectivity index (χ1) is 13.6. The van der Waals surface area contributed by atoms with Crippen molar-refractivity contribution in [2.24, 2.45) is 7.05 Å². The second-order valence-electron chi connectivity index (χ2n) is 6.27. The highest BCUT2D eigenvalue weighted by molar-refractivity contribution is 6.04. The highest BCUT2D eigenvalue weighted by Crippen LogP contribution is 2.25. The first-order valence-corrected chi connectivity index (χ1v) is 8.69. The molecule has 3 N–H and O–H groups in total. The molecule has 1 amide bonds. The molecule has 4 aromatic rings. The van der Waals surface area contributed by atoms with E-state index in [1.165, 1.54) is 0 Å². The summed E-state index contributed by atoms with van der Waals surface area (Å²) in [4.78, 5) is 21.6. The fraction of sp³-hybridized carbons (Fsp3) is 0.0476. The van der Waals surface area contributed by atoms with Crippen LogP contribution in [0.4, 0.5) is 11.4 Å². The lowest BCUT2D eigenvalue weighted by Gasteiger charge is -2.07. The second-order valence-corrected chi connectivity index (χ2v) is 6.27. The SMILES string of the molecule is Cn1cc(NC(=O)c2cccc(-c3cccc(N)c3)n2)c(-c2ccccn2)n1. The van der Waals surface area contributed by atoms with Gasteiger partial charge >= 0.3 is 0 Å². The van der Waals surface area contributed by atoms with Crippen LogP contribution in [0.15, 0.2) is 73.1 Å². The summed E-state index contributed by atoms with van der Waals surface area (Å²) in [5, 5.41) is 7.29. The average molecular weight is 370 g/mol. The molecule has 0 aliphatic rings. The van der Waals surface area contributed by atoms with E-state index in [1.807, 2.05) is 48.5 Å². The number of anilines is 2. The molecule has 3 aromatic heterocycles. The van der Waals surface area contributed by atoms with Gasteiger partial charge in [-0.05, 0) is 36.4 Å². The Kier molecular flexibility index (Phi) is 4.55. The summed E-state index contributed by atoms with van der Waals surface area (Å²) in [7, 11) is 1.79. The Morgan fingerprint density at radius 1 is 1.04 bits per heavy atom. The number of hydrogen-bond donors (Lipinski definition) is 2. The molecule has 7 nitrogen and oxygen atoms in total. The number of carbonyl (C=O) groups excluding carboxylic acids is 1. The predicted molar refractivity (Wildman–Crippen MR) is 108 cm³/mol. The third kappa shape index (κ3) is 3.59. The van der Waals surface area contributed by atoms with E-state index in [0.717, 1.165) is 5.56 Å². The van der Waals surface area contributed by atoms with Crippen molar-refractivity contribution in [1.82, 2.24) is 19.7 Å². The maximum atomic E-state index is 12.8. The van der Waals surface area contributed by atoms with Gasteiger partial charge in [0.1, 0.15) is 11.4 Å². The molecule has 0 saturated carbocycles. The van der Waals surface area contributed by atoms with E-state index in [1.54, 1.807) is 36.3 Å². The molecule has 1 aromatic carbocycles. The lowest BCUT2D eigenvalue weighted by molar-refractivity contribution is 0.102. The number of nitrogens with zero attached hydrogens (tertiary/aromatic N) is 4. The summed E-state index contributed by atoms with van der Waals surface area (Å²) in [5.74, 6) is -0.323. The van der Waals surface area contributed by atoms with Crippen molar-refractivity contribution in [2.75, 3.05) is 11.1 Å². The maximum Gasteiger partial charge on any atom is 0.274 e. The first-order valence-electron chi connectivity index (χ1n) is 8.69. The fourth-order valence-corrected chi connectivity index (χ4v) is 2.88. The number of rotatable bonds is 4. The Labute approximate surface area is 161 Å². The molecule has 28 heavy (non-hydrogen) atoms. The summed E-state index contributed by atoms with van der Waals surface area (Å²) in [6.07, 6.45) is 3.43. The molecule has 0 atom stereocenters. The minimum absolute atomic E-state index is 0.302. The van der Waals surface area contributed by atoms with E-state index in [-0.39, 0.29) is 5.91 Å². The van der Waals surface area contributed by atoms with Crippen LogP contribution >= 0.6 is 0 Å². The van der Waals surface area contributed by atoms with E-state index < -0.39 is 0 Å². The number of nitrogen functional groups attached to an aromatic ring is 1. The highest BCUT2D eigenvalue weighted by atomic mass is 16.1. The van der Waals surface area contributed by atoms with Crippen molar-refractivity contribution in [2.45, 2.75) is 0 Å². The summed E-state index contributed by atoms with van der Waals surface area (Å²) >= 11 is 0. The van der Waals surface area contributed by atoms with Crippen LogP contribution in [0.1, 0.15) is 10.5 Å². The fourth-order valence-electron chi connectivity index (χ4n) is 2.88. The molecule has 138 valence electrons. The van der Waals surface area contributed by atoms with Crippen molar-refractivity contribution in [3.05, 3.63) is 78.8 Å². The van der Waals surface area contributed by atoms with Crippen LogP contribution in [0.3, 0.4) is 0 Å². The number of hydrogen-bond acceptors (Lipinski definition) is 5. The molecule has 0 radical (unpaired) electrons. The van der Waals surface area contributed by atoms with E-state index in [0.29, 0.717) is 34.2 Å². The minimum Gasteiger partial charge on any atom is -0.399 e. The third-order valence-corrected chi connectivity index (χ3v) is 4.15. The van der Waals surface area contributed by atoms with Crippen LogP contribution in [0.25, 0.3) is 22.6 Å². The van der Waals surface area contributed by atoms with Crippen molar-refractivity contribution >= 4 is 17.3 Å². The van der Waals surface area contributed by atoms with Crippen LogP contribution in [-0.2, 0) is 7.05 Å². The van der Waals surface area contributed by atoms with Crippen LogP contribution < -0.4 is 11.1 Å². The number of amides is 1. The van der Waals surface area contributed by atoms with E-state index in [9.17, 15) is 4.79 Å². The minimum atomic E-state index is -0.323. The quantitative estimate of drug-likeness (QED) is 0.537. The third-order valence-electron chi connectivity index (χ3n) is 4.15. The Bertz CT molecular complexity index is 1140. The summed E-state index contributed by atoms with van der Waals surface area (Å²) in [5.41, 5.74) is 10.2. The number of nitrogens with one attached hydrogen (secondary N) is 1. The van der Waals surface area contributed by atoms with Crippen molar-refractivity contribution < 1.29 is 4.79 Å². The van der Waals surface area contributed by atoms with Gasteiger partial charge in [0, 0.05) is 30.7 Å². The van der Waals surface area contributed by atoms with Gasteiger partial charge < -0.3 is 11.1 Å². The lowest BCUT2D eigenvalue weighted by Crippen LogP contribution is -2.14. The van der Waals surface area contributed by atoms with Gasteiger partial charge in [-0.1, -0.05) is 24.3 Å². The standard InChI is InChI=1S/C21H18N6O/c1-27-13-19(20(26-27)17-8-2-3-11-23-17)25-21(28)18-10-5-9-16(24-18)14-6-4-7-15(22)12-14/h2-13H,22H2,1H3,(H,25,28). The molecule has 4 rings (SSSR count). The normalized spacial score (nSPS) is 10.6. The van der Waals surface area contributed by atoms with Gasteiger partial charge in [-0.3, -0.25) is 14.5 Å². The lowest BCUT2D eigenvalue weighted by atomic mass is 10.1. The number of benzene rings is 1. The zero-order valence-electron chi connectivity index (χ0n) is 15.2. The van der Waals surface area contributed by atoms with Gasteiger partial charge in [-0.15, -0.1) is 0 Å². The topological polar surface area (TPSA) is 98.7 Å². The van der Waals surface area contributed by atoms with E-state index in [2.05, 4.69) is 20.4 Å². The Balaban J connectivity index is 1.63. The zero-order chi connectivity index (χ0) is 19.5. The zero-order valence-corrected chi connectivity index (χ0v) is 15.2. The largest absolute Gasteiger partial charge is 0.399 e. The van der Waals surface area contributed by atoms with Gasteiger partial charge in [-0.2, -0.15) is 5.10 Å². The van der Waals surface area contributed by atoms with Gasteiger partial charge in [0.05, 0.1) is 17.1 Å². The molecule has 3 heterocycles. The number of aryl methyl sites for hydroxylation is 1. The second kappa shape index (κ2) is 7.32. The number of carbonyl (C=O) groups is 1. The first kappa shape index (κ1) is 17.4. The maximum absolute atomic E-state index is 12.8. The van der Waals surface area contributed by atoms with Gasteiger partial charge in [-0.25, -0.2) is 4.98 Å². The molecule has 0 bridgehead atoms. The van der Waals surface area contributed by atoms with Crippen LogP contribution in [0.5, 0.6) is 0 Å². The van der Waals surface area contributed by atoms with Crippen LogP contribution in [0, 0.1) is 0 Å². The molecular weight excluding hydrogens is 352 g/mol. The summed E-state index contributed by atoms with van der Waals surface area (Å²) < 4.78 is 1.64. The number of aromatic nitrogens is 4. The summed E-state index contributed by atoms with van der Waals surface area (Å²) in [6, 6.07) is 18.2. The number of pyridine rings is 2. The van der Waals surface area contributed by atoms with Crippen molar-refractivity contribution in [3.8, 4) is 22.6 Å². The molecule has 0 unspecified atom stereocenters.